The van der Waals surface area contributed by atoms with Crippen molar-refractivity contribution >= 4 is 5.91 Å². The molecular weight excluding hydrogens is 254 g/mol. The van der Waals surface area contributed by atoms with Gasteiger partial charge in [-0.1, -0.05) is 12.1 Å². The highest BCUT2D eigenvalue weighted by atomic mass is 16.5. The van der Waals surface area contributed by atoms with Crippen LogP contribution in [0, 0.1) is 11.3 Å². The summed E-state index contributed by atoms with van der Waals surface area (Å²) in [6, 6.07) is 9.35. The number of amides is 1. The van der Waals surface area contributed by atoms with Gasteiger partial charge in [-0.25, -0.2) is 0 Å². The topological polar surface area (TPSA) is 74.2 Å². The molecule has 1 fully saturated rings. The Balaban J connectivity index is 1.84. The quantitative estimate of drug-likeness (QED) is 0.862. The molecule has 1 aromatic rings. The number of hydrogen-bond donors (Lipinski definition) is 2. The molecule has 1 amide bonds. The van der Waals surface area contributed by atoms with Crippen LogP contribution >= 0.6 is 0 Å². The smallest absolute Gasteiger partial charge is 0.222 e. The van der Waals surface area contributed by atoms with Crippen molar-refractivity contribution in [1.82, 2.24) is 10.6 Å². The molecule has 0 bridgehead atoms. The van der Waals surface area contributed by atoms with E-state index in [1.807, 2.05) is 19.1 Å². The average molecular weight is 273 g/mol. The van der Waals surface area contributed by atoms with E-state index in [2.05, 4.69) is 16.7 Å². The Morgan fingerprint density at radius 1 is 1.55 bits per heavy atom. The summed E-state index contributed by atoms with van der Waals surface area (Å²) in [6.45, 7) is 4.02. The van der Waals surface area contributed by atoms with Gasteiger partial charge in [-0.15, -0.1) is 0 Å². The SMILES string of the molecule is CC(NC(=O)CC1COCCN1)c1ccc(C#N)cc1. The molecule has 1 aromatic carbocycles. The van der Waals surface area contributed by atoms with Crippen LogP contribution in [0.1, 0.15) is 30.5 Å². The first-order valence-electron chi connectivity index (χ1n) is 6.79. The van der Waals surface area contributed by atoms with Gasteiger partial charge in [-0.2, -0.15) is 5.26 Å². The molecule has 2 unspecified atom stereocenters. The number of rotatable bonds is 4. The second-order valence-corrected chi connectivity index (χ2v) is 4.95. The van der Waals surface area contributed by atoms with Crippen molar-refractivity contribution in [1.29, 1.82) is 5.26 Å². The lowest BCUT2D eigenvalue weighted by Crippen LogP contribution is -2.44. The summed E-state index contributed by atoms with van der Waals surface area (Å²) >= 11 is 0. The molecule has 5 heteroatoms. The fourth-order valence-corrected chi connectivity index (χ4v) is 2.20. The largest absolute Gasteiger partial charge is 0.378 e. The summed E-state index contributed by atoms with van der Waals surface area (Å²) in [5.74, 6) is 0.00450. The van der Waals surface area contributed by atoms with Crippen LogP contribution in [0.2, 0.25) is 0 Å². The molecule has 106 valence electrons. The van der Waals surface area contributed by atoms with E-state index >= 15 is 0 Å². The maximum Gasteiger partial charge on any atom is 0.222 e. The van der Waals surface area contributed by atoms with Crippen LogP contribution in [-0.4, -0.2) is 31.7 Å². The number of nitriles is 1. The summed E-state index contributed by atoms with van der Waals surface area (Å²) in [5.41, 5.74) is 1.61. The van der Waals surface area contributed by atoms with Crippen LogP contribution in [0.5, 0.6) is 0 Å². The fraction of sp³-hybridized carbons (Fsp3) is 0.467. The Labute approximate surface area is 118 Å². The third-order valence-corrected chi connectivity index (χ3v) is 3.35. The van der Waals surface area contributed by atoms with Crippen LogP contribution in [0.3, 0.4) is 0 Å². The van der Waals surface area contributed by atoms with Gasteiger partial charge in [-0.3, -0.25) is 4.79 Å². The number of hydrogen-bond acceptors (Lipinski definition) is 4. The maximum atomic E-state index is 12.0. The molecule has 1 heterocycles. The molecule has 1 saturated heterocycles. The summed E-state index contributed by atoms with van der Waals surface area (Å²) < 4.78 is 5.32. The van der Waals surface area contributed by atoms with Crippen molar-refractivity contribution in [2.45, 2.75) is 25.4 Å². The lowest BCUT2D eigenvalue weighted by atomic mass is 10.1. The Bertz CT molecular complexity index is 487. The summed E-state index contributed by atoms with van der Waals surface area (Å²) in [5, 5.41) is 15.0. The van der Waals surface area contributed by atoms with Gasteiger partial charge in [0.15, 0.2) is 0 Å². The van der Waals surface area contributed by atoms with Gasteiger partial charge in [0.25, 0.3) is 0 Å². The monoisotopic (exact) mass is 273 g/mol. The van der Waals surface area contributed by atoms with Gasteiger partial charge >= 0.3 is 0 Å². The highest BCUT2D eigenvalue weighted by Gasteiger charge is 2.18. The number of carbonyl (C=O) groups excluding carboxylic acids is 1. The van der Waals surface area contributed by atoms with Crippen LogP contribution in [0.15, 0.2) is 24.3 Å². The minimum absolute atomic E-state index is 0.00450. The zero-order chi connectivity index (χ0) is 14.4. The lowest BCUT2D eigenvalue weighted by molar-refractivity contribution is -0.122. The number of nitrogens with zero attached hydrogens (tertiary/aromatic N) is 1. The van der Waals surface area contributed by atoms with Crippen LogP contribution in [0.4, 0.5) is 0 Å². The van der Waals surface area contributed by atoms with Crippen molar-refractivity contribution < 1.29 is 9.53 Å². The second kappa shape index (κ2) is 7.04. The third kappa shape index (κ3) is 4.05. The van der Waals surface area contributed by atoms with Gasteiger partial charge in [0.1, 0.15) is 0 Å². The van der Waals surface area contributed by atoms with Crippen LogP contribution in [0.25, 0.3) is 0 Å². The zero-order valence-electron chi connectivity index (χ0n) is 11.6. The molecule has 2 N–H and O–H groups in total. The summed E-state index contributed by atoms with van der Waals surface area (Å²) in [7, 11) is 0. The van der Waals surface area contributed by atoms with Crippen LogP contribution < -0.4 is 10.6 Å². The molecule has 2 rings (SSSR count). The predicted molar refractivity (Wildman–Crippen MR) is 74.9 cm³/mol. The Kier molecular flexibility index (Phi) is 5.10. The molecule has 5 nitrogen and oxygen atoms in total. The van der Waals surface area contributed by atoms with Crippen LogP contribution in [-0.2, 0) is 9.53 Å². The summed E-state index contributed by atoms with van der Waals surface area (Å²) in [4.78, 5) is 12.0. The number of benzene rings is 1. The van der Waals surface area contributed by atoms with E-state index < -0.39 is 0 Å². The van der Waals surface area contributed by atoms with E-state index in [-0.39, 0.29) is 18.0 Å². The number of ether oxygens (including phenoxy) is 1. The molecule has 1 aliphatic rings. The van der Waals surface area contributed by atoms with E-state index in [0.717, 1.165) is 12.1 Å². The van der Waals surface area contributed by atoms with Gasteiger partial charge in [0, 0.05) is 19.0 Å². The minimum Gasteiger partial charge on any atom is -0.378 e. The lowest BCUT2D eigenvalue weighted by Gasteiger charge is -2.24. The van der Waals surface area contributed by atoms with Crippen molar-refractivity contribution in [2.75, 3.05) is 19.8 Å². The fourth-order valence-electron chi connectivity index (χ4n) is 2.20. The van der Waals surface area contributed by atoms with E-state index in [4.69, 9.17) is 10.00 Å². The predicted octanol–water partition coefficient (Wildman–Crippen LogP) is 1.11. The van der Waals surface area contributed by atoms with Crippen molar-refractivity contribution in [2.24, 2.45) is 0 Å². The molecule has 0 aliphatic carbocycles. The van der Waals surface area contributed by atoms with E-state index in [9.17, 15) is 4.79 Å². The third-order valence-electron chi connectivity index (χ3n) is 3.35. The van der Waals surface area contributed by atoms with E-state index in [0.29, 0.717) is 25.2 Å². The van der Waals surface area contributed by atoms with Crippen molar-refractivity contribution in [3.05, 3.63) is 35.4 Å². The minimum atomic E-state index is -0.0697. The van der Waals surface area contributed by atoms with Gasteiger partial charge in [-0.05, 0) is 24.6 Å². The molecule has 0 aromatic heterocycles. The Hall–Kier alpha value is -1.90. The highest BCUT2D eigenvalue weighted by molar-refractivity contribution is 5.77. The van der Waals surface area contributed by atoms with Gasteiger partial charge in [0.2, 0.25) is 5.91 Å². The standard InChI is InChI=1S/C15H19N3O2/c1-11(13-4-2-12(9-16)3-5-13)18-15(19)8-14-10-20-7-6-17-14/h2-5,11,14,17H,6-8,10H2,1H3,(H,18,19). The normalized spacial score (nSPS) is 19.9. The molecule has 0 spiro atoms. The summed E-state index contributed by atoms with van der Waals surface area (Å²) in [6.07, 6.45) is 0.417. The maximum absolute atomic E-state index is 12.0. The number of nitrogens with one attached hydrogen (secondary N) is 2. The second-order valence-electron chi connectivity index (χ2n) is 4.95. The number of morpholine rings is 1. The molecule has 0 radical (unpaired) electrons. The van der Waals surface area contributed by atoms with E-state index in [1.54, 1.807) is 12.1 Å². The Morgan fingerprint density at radius 3 is 2.90 bits per heavy atom. The molecule has 0 saturated carbocycles. The van der Waals surface area contributed by atoms with Gasteiger partial charge in [0.05, 0.1) is 30.9 Å². The molecule has 2 atom stereocenters. The number of carbonyl (C=O) groups is 1. The molecule has 1 aliphatic heterocycles. The average Bonchev–Trinajstić information content (AvgIpc) is 2.48. The van der Waals surface area contributed by atoms with E-state index in [1.165, 1.54) is 0 Å². The van der Waals surface area contributed by atoms with Gasteiger partial charge < -0.3 is 15.4 Å². The molecular formula is C15H19N3O2. The first kappa shape index (κ1) is 14.5. The zero-order valence-corrected chi connectivity index (χ0v) is 11.6. The highest BCUT2D eigenvalue weighted by Crippen LogP contribution is 2.13. The molecule has 20 heavy (non-hydrogen) atoms. The first-order chi connectivity index (χ1) is 9.69. The first-order valence-corrected chi connectivity index (χ1v) is 6.79. The van der Waals surface area contributed by atoms with Crippen molar-refractivity contribution in [3.63, 3.8) is 0 Å². The Morgan fingerprint density at radius 2 is 2.30 bits per heavy atom. The van der Waals surface area contributed by atoms with Crippen molar-refractivity contribution in [3.8, 4) is 6.07 Å².